The summed E-state index contributed by atoms with van der Waals surface area (Å²) in [5.74, 6) is -0.434. The molecule has 0 aromatic heterocycles. The Bertz CT molecular complexity index is 560. The van der Waals surface area contributed by atoms with Crippen molar-refractivity contribution in [2.24, 2.45) is 5.73 Å². The third-order valence-electron chi connectivity index (χ3n) is 3.05. The Hall–Kier alpha value is -0.900. The first-order valence-corrected chi connectivity index (χ1v) is 7.19. The lowest BCUT2D eigenvalue weighted by molar-refractivity contribution is 0.563. The smallest absolute Gasteiger partial charge is 0.147 e. The van der Waals surface area contributed by atoms with Crippen LogP contribution >= 0.6 is 27.5 Å². The molecule has 1 nitrogen and oxygen atoms in total. The van der Waals surface area contributed by atoms with Gasteiger partial charge in [0.2, 0.25) is 0 Å². The van der Waals surface area contributed by atoms with Crippen molar-refractivity contribution in [3.8, 4) is 0 Å². The van der Waals surface area contributed by atoms with Gasteiger partial charge in [-0.05, 0) is 40.4 Å². The van der Waals surface area contributed by atoms with Crippen LogP contribution in [0.3, 0.4) is 0 Å². The maximum Gasteiger partial charge on any atom is 0.147 e. The third kappa shape index (κ3) is 3.56. The van der Waals surface area contributed by atoms with Crippen LogP contribution in [0.5, 0.6) is 0 Å². The summed E-state index contributed by atoms with van der Waals surface area (Å²) < 4.78 is 14.5. The molecule has 2 aromatic rings. The van der Waals surface area contributed by atoms with Gasteiger partial charge in [-0.3, -0.25) is 0 Å². The summed E-state index contributed by atoms with van der Waals surface area (Å²) in [6, 6.07) is 13.1. The van der Waals surface area contributed by atoms with Gasteiger partial charge >= 0.3 is 0 Å². The zero-order valence-corrected chi connectivity index (χ0v) is 12.6. The van der Waals surface area contributed by atoms with Crippen molar-refractivity contribution in [3.05, 3.63) is 68.9 Å². The van der Waals surface area contributed by atoms with Crippen molar-refractivity contribution < 1.29 is 4.39 Å². The second-order valence-electron chi connectivity index (χ2n) is 4.40. The van der Waals surface area contributed by atoms with Gasteiger partial charge in [-0.2, -0.15) is 0 Å². The summed E-state index contributed by atoms with van der Waals surface area (Å²) in [7, 11) is 0. The summed E-state index contributed by atoms with van der Waals surface area (Å²) in [5, 5.41) is 0.0904. The summed E-state index contributed by atoms with van der Waals surface area (Å²) in [6.45, 7) is 0. The van der Waals surface area contributed by atoms with E-state index in [0.29, 0.717) is 16.5 Å². The van der Waals surface area contributed by atoms with E-state index < -0.39 is 5.82 Å². The van der Waals surface area contributed by atoms with E-state index in [2.05, 4.69) is 15.9 Å². The molecule has 19 heavy (non-hydrogen) atoms. The van der Waals surface area contributed by atoms with Crippen molar-refractivity contribution in [2.75, 3.05) is 0 Å². The van der Waals surface area contributed by atoms with Crippen molar-refractivity contribution in [1.82, 2.24) is 0 Å². The van der Waals surface area contributed by atoms with E-state index in [1.807, 2.05) is 30.3 Å². The zero-order valence-electron chi connectivity index (χ0n) is 10.2. The quantitative estimate of drug-likeness (QED) is 0.788. The van der Waals surface area contributed by atoms with Crippen LogP contribution in [0.1, 0.15) is 23.6 Å². The van der Waals surface area contributed by atoms with Gasteiger partial charge in [-0.15, -0.1) is 0 Å². The second kappa shape index (κ2) is 6.51. The zero-order chi connectivity index (χ0) is 13.8. The maximum atomic E-state index is 14.0. The van der Waals surface area contributed by atoms with Gasteiger partial charge in [-0.1, -0.05) is 48.0 Å². The number of halogens is 3. The lowest BCUT2D eigenvalue weighted by atomic mass is 9.99. The van der Waals surface area contributed by atoms with E-state index in [9.17, 15) is 4.39 Å². The van der Waals surface area contributed by atoms with Gasteiger partial charge in [0.25, 0.3) is 0 Å². The van der Waals surface area contributed by atoms with Crippen LogP contribution in [0.15, 0.2) is 46.9 Å². The first-order valence-electron chi connectivity index (χ1n) is 6.02. The average Bonchev–Trinajstić information content (AvgIpc) is 2.43. The highest BCUT2D eigenvalue weighted by Crippen LogP contribution is 2.31. The number of aryl methyl sites for hydroxylation is 1. The molecule has 1 atom stereocenters. The molecule has 0 saturated carbocycles. The fraction of sp³-hybridized carbons (Fsp3) is 0.200. The molecule has 0 aliphatic heterocycles. The van der Waals surface area contributed by atoms with E-state index in [1.165, 1.54) is 5.56 Å². The molecule has 0 heterocycles. The Balaban J connectivity index is 2.08. The molecule has 0 aliphatic carbocycles. The van der Waals surface area contributed by atoms with E-state index >= 15 is 0 Å². The lowest BCUT2D eigenvalue weighted by Crippen LogP contribution is -2.13. The van der Waals surface area contributed by atoms with Gasteiger partial charge in [0.15, 0.2) is 0 Å². The predicted octanol–water partition coefficient (Wildman–Crippen LogP) is 4.87. The highest BCUT2D eigenvalue weighted by atomic mass is 79.9. The lowest BCUT2D eigenvalue weighted by Gasteiger charge is -2.14. The molecular weight excluding hydrogens is 329 g/mol. The number of hydrogen-bond acceptors (Lipinski definition) is 1. The van der Waals surface area contributed by atoms with Crippen LogP contribution in [-0.4, -0.2) is 0 Å². The predicted molar refractivity (Wildman–Crippen MR) is 80.8 cm³/mol. The van der Waals surface area contributed by atoms with Gasteiger partial charge < -0.3 is 5.73 Å². The first kappa shape index (κ1) is 14.5. The molecule has 4 heteroatoms. The van der Waals surface area contributed by atoms with Crippen LogP contribution in [-0.2, 0) is 6.42 Å². The van der Waals surface area contributed by atoms with Crippen LogP contribution in [0, 0.1) is 5.82 Å². The van der Waals surface area contributed by atoms with E-state index in [0.717, 1.165) is 6.42 Å². The molecular formula is C15H14BrClFN. The number of hydrogen-bond donors (Lipinski definition) is 1. The van der Waals surface area contributed by atoms with Crippen LogP contribution in [0.2, 0.25) is 5.02 Å². The third-order valence-corrected chi connectivity index (χ3v) is 4.31. The Labute approximate surface area is 125 Å². The minimum absolute atomic E-state index is 0.0904. The van der Waals surface area contributed by atoms with Crippen LogP contribution in [0.25, 0.3) is 0 Å². The van der Waals surface area contributed by atoms with Gasteiger partial charge in [0, 0.05) is 16.1 Å². The molecule has 0 amide bonds. The number of nitrogens with two attached hydrogens (primary N) is 1. The maximum absolute atomic E-state index is 14.0. The molecule has 0 bridgehead atoms. The number of benzene rings is 2. The summed E-state index contributed by atoms with van der Waals surface area (Å²) in [6.07, 6.45) is 1.49. The van der Waals surface area contributed by atoms with Gasteiger partial charge in [0.1, 0.15) is 5.82 Å². The van der Waals surface area contributed by atoms with Gasteiger partial charge in [0.05, 0.1) is 5.02 Å². The van der Waals surface area contributed by atoms with Crippen molar-refractivity contribution >= 4 is 27.5 Å². The summed E-state index contributed by atoms with van der Waals surface area (Å²) in [4.78, 5) is 0. The fourth-order valence-corrected chi connectivity index (χ4v) is 2.43. The van der Waals surface area contributed by atoms with Crippen molar-refractivity contribution in [1.29, 1.82) is 0 Å². The molecule has 0 saturated heterocycles. The topological polar surface area (TPSA) is 26.0 Å². The molecule has 0 spiro atoms. The molecule has 0 radical (unpaired) electrons. The minimum Gasteiger partial charge on any atom is -0.324 e. The Morgan fingerprint density at radius 3 is 2.53 bits per heavy atom. The largest absolute Gasteiger partial charge is 0.324 e. The fourth-order valence-electron chi connectivity index (χ4n) is 1.95. The molecule has 1 unspecified atom stereocenters. The highest BCUT2D eigenvalue weighted by Gasteiger charge is 2.15. The standard InChI is InChI=1S/C15H14BrClFN/c16-12-8-7-11(15(18)14(12)17)13(19)9-6-10-4-2-1-3-5-10/h1-5,7-8,13H,6,9,19H2. The molecule has 0 aliphatic rings. The number of rotatable bonds is 4. The van der Waals surface area contributed by atoms with Crippen LogP contribution in [0.4, 0.5) is 4.39 Å². The average molecular weight is 343 g/mol. The van der Waals surface area contributed by atoms with E-state index in [-0.39, 0.29) is 11.1 Å². The van der Waals surface area contributed by atoms with Crippen molar-refractivity contribution in [2.45, 2.75) is 18.9 Å². The summed E-state index contributed by atoms with van der Waals surface area (Å²) in [5.41, 5.74) is 7.71. The van der Waals surface area contributed by atoms with Crippen molar-refractivity contribution in [3.63, 3.8) is 0 Å². The monoisotopic (exact) mass is 341 g/mol. The first-order chi connectivity index (χ1) is 9.09. The minimum atomic E-state index is -0.434. The van der Waals surface area contributed by atoms with E-state index in [1.54, 1.807) is 12.1 Å². The Morgan fingerprint density at radius 1 is 1.16 bits per heavy atom. The Kier molecular flexibility index (Phi) is 4.97. The molecule has 100 valence electrons. The normalized spacial score (nSPS) is 12.4. The highest BCUT2D eigenvalue weighted by molar-refractivity contribution is 9.10. The molecule has 2 N–H and O–H groups in total. The van der Waals surface area contributed by atoms with E-state index in [4.69, 9.17) is 17.3 Å². The van der Waals surface area contributed by atoms with Gasteiger partial charge in [-0.25, -0.2) is 4.39 Å². The SMILES string of the molecule is NC(CCc1ccccc1)c1ccc(Br)c(Cl)c1F. The second-order valence-corrected chi connectivity index (χ2v) is 5.63. The summed E-state index contributed by atoms with van der Waals surface area (Å²) >= 11 is 9.06. The van der Waals surface area contributed by atoms with Crippen LogP contribution < -0.4 is 5.73 Å². The molecule has 2 rings (SSSR count). The molecule has 0 fully saturated rings. The Morgan fingerprint density at radius 2 is 1.84 bits per heavy atom. The molecule has 2 aromatic carbocycles.